The first-order valence-corrected chi connectivity index (χ1v) is 11.0. The summed E-state index contributed by atoms with van der Waals surface area (Å²) in [4.78, 5) is 12.1. The van der Waals surface area contributed by atoms with Gasteiger partial charge in [-0.15, -0.1) is 10.2 Å². The molecule has 0 atom stereocenters. The molecule has 1 heterocycles. The molecular formula is C22H22BrN3O4S. The Morgan fingerprint density at radius 2 is 1.84 bits per heavy atom. The molecule has 162 valence electrons. The molecule has 1 aromatic heterocycles. The van der Waals surface area contributed by atoms with Crippen LogP contribution in [0.3, 0.4) is 0 Å². The molecule has 0 bridgehead atoms. The zero-order valence-corrected chi connectivity index (χ0v) is 20.0. The molecule has 0 saturated carbocycles. The topological polar surface area (TPSA) is 86.5 Å². The van der Waals surface area contributed by atoms with Gasteiger partial charge in [-0.3, -0.25) is 0 Å². The molecule has 0 spiro atoms. The Morgan fingerprint density at radius 3 is 2.39 bits per heavy atom. The number of hydrogen-bond acceptors (Lipinski definition) is 6. The van der Waals surface area contributed by atoms with Crippen LogP contribution >= 0.6 is 27.7 Å². The summed E-state index contributed by atoms with van der Waals surface area (Å²) in [5.74, 6) is 0.831. The predicted molar refractivity (Wildman–Crippen MR) is 125 cm³/mol. The Balaban J connectivity index is 2.00. The first-order valence-electron chi connectivity index (χ1n) is 9.41. The first-order chi connectivity index (χ1) is 14.9. The maximum Gasteiger partial charge on any atom is 0.342 e. The second-order valence-corrected chi connectivity index (χ2v) is 8.44. The van der Waals surface area contributed by atoms with Gasteiger partial charge in [0.1, 0.15) is 16.4 Å². The van der Waals surface area contributed by atoms with Gasteiger partial charge in [0.25, 0.3) is 0 Å². The van der Waals surface area contributed by atoms with Gasteiger partial charge in [-0.2, -0.15) is 0 Å². The molecule has 0 fully saturated rings. The number of halogens is 1. The second-order valence-electron chi connectivity index (χ2n) is 6.58. The van der Waals surface area contributed by atoms with Crippen LogP contribution in [0.25, 0.3) is 17.5 Å². The summed E-state index contributed by atoms with van der Waals surface area (Å²) in [6.45, 7) is 4.49. The van der Waals surface area contributed by atoms with Crippen molar-refractivity contribution >= 4 is 39.7 Å². The van der Waals surface area contributed by atoms with E-state index in [2.05, 4.69) is 26.1 Å². The molecular weight excluding hydrogens is 482 g/mol. The largest absolute Gasteiger partial charge is 0.497 e. The fourth-order valence-electron chi connectivity index (χ4n) is 2.88. The normalized spacial score (nSPS) is 11.5. The average molecular weight is 504 g/mol. The number of aryl methyl sites for hydroxylation is 1. The number of hydrogen-bond donors (Lipinski definition) is 1. The van der Waals surface area contributed by atoms with Crippen LogP contribution in [-0.2, 0) is 11.3 Å². The van der Waals surface area contributed by atoms with Crippen molar-refractivity contribution in [1.82, 2.24) is 14.8 Å². The first kappa shape index (κ1) is 22.9. The summed E-state index contributed by atoms with van der Waals surface area (Å²) in [5, 5.41) is 18.8. The highest BCUT2D eigenvalue weighted by molar-refractivity contribution is 9.10. The molecule has 0 aliphatic rings. The van der Waals surface area contributed by atoms with Crippen molar-refractivity contribution in [2.24, 2.45) is 0 Å². The zero-order valence-electron chi connectivity index (χ0n) is 17.5. The van der Waals surface area contributed by atoms with Gasteiger partial charge in [0.2, 0.25) is 0 Å². The van der Waals surface area contributed by atoms with Gasteiger partial charge in [0.15, 0.2) is 11.0 Å². The number of aliphatic carboxylic acids is 1. The Bertz CT molecular complexity index is 1120. The number of carboxylic acid groups (broad SMARTS) is 1. The van der Waals surface area contributed by atoms with Crippen LogP contribution in [0.2, 0.25) is 0 Å². The third-order valence-corrected chi connectivity index (χ3v) is 6.40. The van der Waals surface area contributed by atoms with Gasteiger partial charge in [-0.1, -0.05) is 28.1 Å². The molecule has 9 heteroatoms. The van der Waals surface area contributed by atoms with Crippen molar-refractivity contribution in [3.63, 3.8) is 0 Å². The fraction of sp³-hybridized carbons (Fsp3) is 0.227. The van der Waals surface area contributed by atoms with E-state index in [0.29, 0.717) is 29.0 Å². The predicted octanol–water partition coefficient (Wildman–Crippen LogP) is 5.27. The van der Waals surface area contributed by atoms with Crippen LogP contribution in [0, 0.1) is 6.92 Å². The maximum atomic E-state index is 11.9. The van der Waals surface area contributed by atoms with Crippen molar-refractivity contribution in [2.45, 2.75) is 25.5 Å². The van der Waals surface area contributed by atoms with E-state index in [-0.39, 0.29) is 4.91 Å². The number of thioether (sulfide) groups is 1. The van der Waals surface area contributed by atoms with Crippen molar-refractivity contribution in [1.29, 1.82) is 0 Å². The molecule has 0 saturated heterocycles. The average Bonchev–Trinajstić information content (AvgIpc) is 3.17. The molecule has 0 radical (unpaired) electrons. The van der Waals surface area contributed by atoms with E-state index in [1.165, 1.54) is 0 Å². The highest BCUT2D eigenvalue weighted by atomic mass is 79.9. The molecule has 0 unspecified atom stereocenters. The Labute approximate surface area is 193 Å². The van der Waals surface area contributed by atoms with E-state index < -0.39 is 5.97 Å². The smallest absolute Gasteiger partial charge is 0.342 e. The van der Waals surface area contributed by atoms with Crippen molar-refractivity contribution < 1.29 is 19.4 Å². The van der Waals surface area contributed by atoms with E-state index in [4.69, 9.17) is 9.47 Å². The van der Waals surface area contributed by atoms with Crippen LogP contribution in [0.15, 0.2) is 50.9 Å². The van der Waals surface area contributed by atoms with Crippen LogP contribution in [0.1, 0.15) is 18.1 Å². The van der Waals surface area contributed by atoms with E-state index >= 15 is 0 Å². The summed E-state index contributed by atoms with van der Waals surface area (Å²) >= 11 is 4.55. The Hall–Kier alpha value is -2.78. The van der Waals surface area contributed by atoms with E-state index in [1.807, 2.05) is 48.7 Å². The lowest BCUT2D eigenvalue weighted by atomic mass is 10.1. The number of carbonyl (C=O) groups is 1. The summed E-state index contributed by atoms with van der Waals surface area (Å²) in [7, 11) is 3.16. The van der Waals surface area contributed by atoms with Gasteiger partial charge in [-0.05, 0) is 61.0 Å². The number of nitrogens with zero attached hydrogens (tertiary/aromatic N) is 3. The third kappa shape index (κ3) is 5.29. The minimum absolute atomic E-state index is 0.146. The minimum Gasteiger partial charge on any atom is -0.497 e. The lowest BCUT2D eigenvalue weighted by molar-refractivity contribution is -0.131. The number of methoxy groups -OCH3 is 2. The van der Waals surface area contributed by atoms with Gasteiger partial charge in [0, 0.05) is 22.6 Å². The number of benzene rings is 2. The lowest BCUT2D eigenvalue weighted by Crippen LogP contribution is -2.03. The SMILES string of the molecule is CCn1c(S/C(=C\c2ccc(C)c(Br)c2)C(=O)O)nnc1-c1cc(OC)cc(OC)c1. The molecule has 2 aromatic carbocycles. The second kappa shape index (κ2) is 10.0. The van der Waals surface area contributed by atoms with E-state index in [0.717, 1.165) is 32.9 Å². The van der Waals surface area contributed by atoms with Crippen LogP contribution in [0.4, 0.5) is 0 Å². The zero-order chi connectivity index (χ0) is 22.5. The molecule has 7 nitrogen and oxygen atoms in total. The monoisotopic (exact) mass is 503 g/mol. The number of carboxylic acids is 1. The standard InChI is InChI=1S/C22H22BrN3O4S/c1-5-26-20(15-10-16(29-3)12-17(11-15)30-4)24-25-22(26)31-19(21(27)28)9-14-7-6-13(2)18(23)8-14/h6-12H,5H2,1-4H3,(H,27,28)/b19-9-. The third-order valence-electron chi connectivity index (χ3n) is 4.55. The Kier molecular flexibility index (Phi) is 7.40. The summed E-state index contributed by atoms with van der Waals surface area (Å²) in [6.07, 6.45) is 1.63. The summed E-state index contributed by atoms with van der Waals surface area (Å²) < 4.78 is 13.5. The highest BCUT2D eigenvalue weighted by Gasteiger charge is 2.19. The van der Waals surface area contributed by atoms with Crippen molar-refractivity contribution in [3.8, 4) is 22.9 Å². The lowest BCUT2D eigenvalue weighted by Gasteiger charge is -2.10. The molecule has 31 heavy (non-hydrogen) atoms. The number of ether oxygens (including phenoxy) is 2. The minimum atomic E-state index is -1.03. The molecule has 0 amide bonds. The van der Waals surface area contributed by atoms with Gasteiger partial charge in [-0.25, -0.2) is 4.79 Å². The molecule has 1 N–H and O–H groups in total. The highest BCUT2D eigenvalue weighted by Crippen LogP contribution is 2.33. The quantitative estimate of drug-likeness (QED) is 0.330. The van der Waals surface area contributed by atoms with Crippen LogP contribution in [-0.4, -0.2) is 40.1 Å². The van der Waals surface area contributed by atoms with Gasteiger partial charge >= 0.3 is 5.97 Å². The van der Waals surface area contributed by atoms with Gasteiger partial charge in [0.05, 0.1) is 14.2 Å². The van der Waals surface area contributed by atoms with E-state index in [1.54, 1.807) is 26.4 Å². The van der Waals surface area contributed by atoms with Crippen LogP contribution < -0.4 is 9.47 Å². The molecule has 3 rings (SSSR count). The number of aromatic nitrogens is 3. The van der Waals surface area contributed by atoms with Crippen molar-refractivity contribution in [2.75, 3.05) is 14.2 Å². The molecule has 0 aliphatic carbocycles. The summed E-state index contributed by atoms with van der Waals surface area (Å²) in [6, 6.07) is 11.1. The maximum absolute atomic E-state index is 11.9. The van der Waals surface area contributed by atoms with Crippen molar-refractivity contribution in [3.05, 3.63) is 56.9 Å². The number of rotatable bonds is 8. The fourth-order valence-corrected chi connectivity index (χ4v) is 4.17. The molecule has 3 aromatic rings. The van der Waals surface area contributed by atoms with Crippen LogP contribution in [0.5, 0.6) is 11.5 Å². The van der Waals surface area contributed by atoms with Gasteiger partial charge < -0.3 is 19.1 Å². The van der Waals surface area contributed by atoms with E-state index in [9.17, 15) is 9.90 Å². The molecule has 0 aliphatic heterocycles. The Morgan fingerprint density at radius 1 is 1.16 bits per heavy atom. The summed E-state index contributed by atoms with van der Waals surface area (Å²) in [5.41, 5.74) is 2.62.